The van der Waals surface area contributed by atoms with Crippen molar-refractivity contribution in [2.75, 3.05) is 0 Å². The van der Waals surface area contributed by atoms with Gasteiger partial charge < -0.3 is 4.98 Å². The van der Waals surface area contributed by atoms with E-state index in [-0.39, 0.29) is 20.1 Å². The van der Waals surface area contributed by atoms with Crippen molar-refractivity contribution in [3.8, 4) is 22.5 Å². The number of pyridine rings is 2. The van der Waals surface area contributed by atoms with E-state index < -0.39 is 0 Å². The van der Waals surface area contributed by atoms with Crippen molar-refractivity contribution in [1.82, 2.24) is 9.97 Å². The quantitative estimate of drug-likeness (QED) is 0.302. The maximum Gasteiger partial charge on any atom is 0.0704 e. The van der Waals surface area contributed by atoms with E-state index in [1.54, 1.807) is 6.20 Å². The van der Waals surface area contributed by atoms with Gasteiger partial charge in [0.15, 0.2) is 0 Å². The van der Waals surface area contributed by atoms with Crippen molar-refractivity contribution in [1.29, 1.82) is 0 Å². The molecular formula is C24H21IrN2-. The van der Waals surface area contributed by atoms with Gasteiger partial charge in [0.25, 0.3) is 0 Å². The number of aromatic nitrogens is 2. The number of benzene rings is 2. The summed E-state index contributed by atoms with van der Waals surface area (Å²) < 4.78 is 0. The molecule has 3 heteroatoms. The Hall–Kier alpha value is -2.61. The molecule has 0 unspecified atom stereocenters. The number of nitrogens with zero attached hydrogens (tertiary/aromatic N) is 2. The Bertz CT molecular complexity index is 902. The van der Waals surface area contributed by atoms with Crippen molar-refractivity contribution >= 4 is 0 Å². The van der Waals surface area contributed by atoms with Gasteiger partial charge in [-0.25, -0.2) is 0 Å². The smallest absolute Gasteiger partial charge is 0.0704 e. The summed E-state index contributed by atoms with van der Waals surface area (Å²) in [5.41, 5.74) is 6.83. The van der Waals surface area contributed by atoms with Crippen molar-refractivity contribution in [3.05, 3.63) is 108 Å². The van der Waals surface area contributed by atoms with E-state index in [0.29, 0.717) is 0 Å². The Morgan fingerprint density at radius 1 is 0.704 bits per heavy atom. The van der Waals surface area contributed by atoms with Crippen LogP contribution in [0.1, 0.15) is 11.1 Å². The van der Waals surface area contributed by atoms with Crippen LogP contribution in [0.15, 0.2) is 91.3 Å². The first-order chi connectivity index (χ1) is 12.7. The van der Waals surface area contributed by atoms with Gasteiger partial charge in [0, 0.05) is 38.1 Å². The average molecular weight is 530 g/mol. The molecule has 0 fully saturated rings. The molecule has 2 aromatic carbocycles. The Morgan fingerprint density at radius 3 is 1.96 bits per heavy atom. The third-order valence-corrected chi connectivity index (χ3v) is 3.98. The molecule has 0 aliphatic rings. The first kappa shape index (κ1) is 20.7. The zero-order chi connectivity index (χ0) is 18.2. The van der Waals surface area contributed by atoms with E-state index in [2.05, 4.69) is 48.1 Å². The fourth-order valence-corrected chi connectivity index (χ4v) is 2.61. The van der Waals surface area contributed by atoms with Crippen LogP contribution in [-0.2, 0) is 20.1 Å². The molecule has 4 aromatic rings. The van der Waals surface area contributed by atoms with Crippen LogP contribution in [0.5, 0.6) is 0 Å². The molecule has 0 N–H and O–H groups in total. The first-order valence-electron chi connectivity index (χ1n) is 8.61. The molecule has 2 nitrogen and oxygen atoms in total. The van der Waals surface area contributed by atoms with Gasteiger partial charge in [0.1, 0.15) is 0 Å². The summed E-state index contributed by atoms with van der Waals surface area (Å²) in [6.45, 7) is 4.22. The maximum atomic E-state index is 4.35. The topological polar surface area (TPSA) is 25.8 Å². The summed E-state index contributed by atoms with van der Waals surface area (Å²) in [7, 11) is 0. The van der Waals surface area contributed by atoms with Gasteiger partial charge in [-0.3, -0.25) is 4.98 Å². The normalized spacial score (nSPS) is 9.56. The molecule has 27 heavy (non-hydrogen) atoms. The number of aryl methyl sites for hydroxylation is 2. The minimum absolute atomic E-state index is 0. The van der Waals surface area contributed by atoms with Gasteiger partial charge in [-0.15, -0.1) is 35.9 Å². The molecule has 0 saturated carbocycles. The molecule has 0 aliphatic carbocycles. The number of rotatable bonds is 2. The Balaban J connectivity index is 0.000000189. The van der Waals surface area contributed by atoms with Crippen molar-refractivity contribution < 1.29 is 20.1 Å². The molecule has 0 bridgehead atoms. The van der Waals surface area contributed by atoms with E-state index in [4.69, 9.17) is 0 Å². The SMILES string of the molecule is Cc1ccc(C)c(-c2ccccn2)c1.[Ir].[c-]1ccccc1-c1ccccn1. The van der Waals surface area contributed by atoms with Crippen LogP contribution in [0.4, 0.5) is 0 Å². The molecule has 2 aromatic heterocycles. The van der Waals surface area contributed by atoms with Crippen LogP contribution in [0.3, 0.4) is 0 Å². The largest absolute Gasteiger partial charge is 0.305 e. The second-order valence-corrected chi connectivity index (χ2v) is 6.02. The van der Waals surface area contributed by atoms with Gasteiger partial charge in [-0.2, -0.15) is 0 Å². The van der Waals surface area contributed by atoms with Gasteiger partial charge in [0.2, 0.25) is 0 Å². The van der Waals surface area contributed by atoms with Crippen LogP contribution in [0, 0.1) is 19.9 Å². The standard InChI is InChI=1S/C13H13N.C11H8N.Ir/c1-10-6-7-11(2)12(9-10)13-5-3-4-8-14-13;1-2-6-10(7-3-1)11-8-4-5-9-12-11;/h3-9H,1-2H3;1-6,8-9H;/q;-1;. The summed E-state index contributed by atoms with van der Waals surface area (Å²) in [6.07, 6.45) is 3.62. The van der Waals surface area contributed by atoms with Crippen LogP contribution in [0.2, 0.25) is 0 Å². The number of hydrogen-bond donors (Lipinski definition) is 0. The molecule has 2 heterocycles. The van der Waals surface area contributed by atoms with Crippen LogP contribution in [-0.4, -0.2) is 9.97 Å². The Morgan fingerprint density at radius 2 is 1.37 bits per heavy atom. The summed E-state index contributed by atoms with van der Waals surface area (Å²) in [6, 6.07) is 29.3. The zero-order valence-electron chi connectivity index (χ0n) is 15.4. The molecule has 0 amide bonds. The predicted octanol–water partition coefficient (Wildman–Crippen LogP) is 5.91. The van der Waals surface area contributed by atoms with Gasteiger partial charge in [-0.1, -0.05) is 35.9 Å². The second kappa shape index (κ2) is 10.5. The molecule has 0 saturated heterocycles. The molecular weight excluding hydrogens is 508 g/mol. The van der Waals surface area contributed by atoms with Crippen LogP contribution in [0.25, 0.3) is 22.5 Å². The fourth-order valence-electron chi connectivity index (χ4n) is 2.61. The van der Waals surface area contributed by atoms with Gasteiger partial charge in [0.05, 0.1) is 5.69 Å². The van der Waals surface area contributed by atoms with E-state index in [1.165, 1.54) is 16.7 Å². The maximum absolute atomic E-state index is 4.35. The molecule has 0 aliphatic heterocycles. The van der Waals surface area contributed by atoms with E-state index >= 15 is 0 Å². The third kappa shape index (κ3) is 5.96. The summed E-state index contributed by atoms with van der Waals surface area (Å²) in [4.78, 5) is 8.57. The van der Waals surface area contributed by atoms with E-state index in [1.807, 2.05) is 66.9 Å². The minimum atomic E-state index is 0. The van der Waals surface area contributed by atoms with Gasteiger partial charge in [-0.05, 0) is 49.4 Å². The summed E-state index contributed by atoms with van der Waals surface area (Å²) >= 11 is 0. The fraction of sp³-hybridized carbons (Fsp3) is 0.0833. The molecule has 0 spiro atoms. The van der Waals surface area contributed by atoms with Crippen LogP contribution >= 0.6 is 0 Å². The minimum Gasteiger partial charge on any atom is -0.305 e. The first-order valence-corrected chi connectivity index (χ1v) is 8.61. The average Bonchev–Trinajstić information content (AvgIpc) is 2.72. The van der Waals surface area contributed by atoms with Crippen molar-refractivity contribution in [2.45, 2.75) is 13.8 Å². The zero-order valence-corrected chi connectivity index (χ0v) is 17.8. The van der Waals surface area contributed by atoms with Crippen molar-refractivity contribution in [3.63, 3.8) is 0 Å². The van der Waals surface area contributed by atoms with E-state index in [0.717, 1.165) is 17.0 Å². The number of hydrogen-bond acceptors (Lipinski definition) is 2. The molecule has 4 rings (SSSR count). The van der Waals surface area contributed by atoms with Gasteiger partial charge >= 0.3 is 0 Å². The second-order valence-electron chi connectivity index (χ2n) is 6.02. The Labute approximate surface area is 174 Å². The molecule has 1 radical (unpaired) electrons. The van der Waals surface area contributed by atoms with Crippen LogP contribution < -0.4 is 0 Å². The Kier molecular flexibility index (Phi) is 8.06. The predicted molar refractivity (Wildman–Crippen MR) is 108 cm³/mol. The molecule has 137 valence electrons. The van der Waals surface area contributed by atoms with E-state index in [9.17, 15) is 0 Å². The molecule has 0 atom stereocenters. The summed E-state index contributed by atoms with van der Waals surface area (Å²) in [5.74, 6) is 0. The summed E-state index contributed by atoms with van der Waals surface area (Å²) in [5, 5.41) is 0. The monoisotopic (exact) mass is 530 g/mol. The third-order valence-electron chi connectivity index (χ3n) is 3.98. The van der Waals surface area contributed by atoms with Crippen molar-refractivity contribution in [2.24, 2.45) is 0 Å².